The van der Waals surface area contributed by atoms with Gasteiger partial charge in [0.1, 0.15) is 11.6 Å². The predicted octanol–water partition coefficient (Wildman–Crippen LogP) is 2.25. The highest BCUT2D eigenvalue weighted by Gasteiger charge is 2.17. The van der Waals surface area contributed by atoms with Gasteiger partial charge in [-0.1, -0.05) is 12.1 Å². The molecule has 0 saturated carbocycles. The fourth-order valence-electron chi connectivity index (χ4n) is 2.59. The molecule has 0 amide bonds. The van der Waals surface area contributed by atoms with E-state index >= 15 is 0 Å². The number of carbonyl (C=O) groups excluding carboxylic acids is 1. The first-order valence-corrected chi connectivity index (χ1v) is 7.62. The summed E-state index contributed by atoms with van der Waals surface area (Å²) in [7, 11) is 0. The Bertz CT molecular complexity index is 994. The van der Waals surface area contributed by atoms with Crippen molar-refractivity contribution in [1.82, 2.24) is 4.57 Å². The highest BCUT2D eigenvalue weighted by atomic mass is 19.1. The zero-order valence-corrected chi connectivity index (χ0v) is 13.3. The Morgan fingerprint density at radius 3 is 2.44 bits per heavy atom. The van der Waals surface area contributed by atoms with Gasteiger partial charge in [0.25, 0.3) is 5.56 Å². The van der Waals surface area contributed by atoms with Gasteiger partial charge in [0, 0.05) is 18.2 Å². The molecule has 0 unspecified atom stereocenters. The smallest absolute Gasteiger partial charge is 0.256 e. The largest absolute Gasteiger partial charge is 0.384 e. The van der Waals surface area contributed by atoms with Crippen LogP contribution in [0.1, 0.15) is 21.5 Å². The van der Waals surface area contributed by atoms with Gasteiger partial charge in [0.05, 0.1) is 11.3 Å². The summed E-state index contributed by atoms with van der Waals surface area (Å²) < 4.78 is 14.3. The van der Waals surface area contributed by atoms with Gasteiger partial charge in [-0.05, 0) is 48.0 Å². The molecule has 6 heteroatoms. The highest BCUT2D eigenvalue weighted by Crippen LogP contribution is 2.19. The monoisotopic (exact) mass is 337 g/mol. The van der Waals surface area contributed by atoms with Gasteiger partial charge in [0.2, 0.25) is 0 Å². The summed E-state index contributed by atoms with van der Waals surface area (Å²) in [5, 5.41) is 0. The van der Waals surface area contributed by atoms with Crippen molar-refractivity contribution in [1.29, 1.82) is 0 Å². The molecule has 0 saturated heterocycles. The van der Waals surface area contributed by atoms with Crippen LogP contribution < -0.4 is 17.0 Å². The maximum atomic E-state index is 13.0. The number of nitrogen functional groups attached to an aromatic ring is 1. The molecule has 3 aromatic rings. The Kier molecular flexibility index (Phi) is 4.45. The van der Waals surface area contributed by atoms with E-state index in [4.69, 9.17) is 11.5 Å². The molecule has 3 rings (SSSR count). The number of hydrogen-bond acceptors (Lipinski definition) is 4. The van der Waals surface area contributed by atoms with Crippen molar-refractivity contribution >= 4 is 11.6 Å². The number of carbonyl (C=O) groups is 1. The normalized spacial score (nSPS) is 10.6. The number of ketones is 1. The van der Waals surface area contributed by atoms with Crippen LogP contribution in [-0.4, -0.2) is 10.4 Å². The van der Waals surface area contributed by atoms with E-state index < -0.39 is 5.82 Å². The second kappa shape index (κ2) is 6.70. The minimum atomic E-state index is -0.437. The van der Waals surface area contributed by atoms with Crippen LogP contribution in [0.15, 0.2) is 65.5 Å². The lowest BCUT2D eigenvalue weighted by Gasteiger charge is -2.14. The molecule has 0 bridgehead atoms. The minimum absolute atomic E-state index is 0.0241. The van der Waals surface area contributed by atoms with E-state index in [0.717, 1.165) is 5.56 Å². The number of anilines is 1. The zero-order chi connectivity index (χ0) is 18.0. The SMILES string of the molecule is NCc1cccc(-n2c(N)c(C(=O)c3ccc(F)cc3)ccc2=O)c1. The average molecular weight is 337 g/mol. The second-order valence-corrected chi connectivity index (χ2v) is 5.52. The first-order valence-electron chi connectivity index (χ1n) is 7.62. The molecule has 25 heavy (non-hydrogen) atoms. The third kappa shape index (κ3) is 3.20. The van der Waals surface area contributed by atoms with E-state index in [1.165, 1.54) is 41.0 Å². The summed E-state index contributed by atoms with van der Waals surface area (Å²) in [4.78, 5) is 24.9. The maximum absolute atomic E-state index is 13.0. The molecule has 2 aromatic carbocycles. The fourth-order valence-corrected chi connectivity index (χ4v) is 2.59. The van der Waals surface area contributed by atoms with Crippen LogP contribution in [0.25, 0.3) is 5.69 Å². The van der Waals surface area contributed by atoms with E-state index in [-0.39, 0.29) is 28.3 Å². The molecule has 0 aliphatic rings. The van der Waals surface area contributed by atoms with E-state index in [9.17, 15) is 14.0 Å². The number of hydrogen-bond donors (Lipinski definition) is 2. The molecule has 0 atom stereocenters. The molecule has 0 aliphatic carbocycles. The number of rotatable bonds is 4. The molecule has 0 radical (unpaired) electrons. The quantitative estimate of drug-likeness (QED) is 0.714. The molecular weight excluding hydrogens is 321 g/mol. The maximum Gasteiger partial charge on any atom is 0.256 e. The van der Waals surface area contributed by atoms with Gasteiger partial charge in [-0.2, -0.15) is 0 Å². The lowest BCUT2D eigenvalue weighted by molar-refractivity contribution is 0.103. The van der Waals surface area contributed by atoms with Crippen molar-refractivity contribution in [3.63, 3.8) is 0 Å². The van der Waals surface area contributed by atoms with Gasteiger partial charge >= 0.3 is 0 Å². The van der Waals surface area contributed by atoms with Gasteiger partial charge in [-0.25, -0.2) is 4.39 Å². The molecule has 5 nitrogen and oxygen atoms in total. The minimum Gasteiger partial charge on any atom is -0.384 e. The van der Waals surface area contributed by atoms with E-state index in [1.54, 1.807) is 18.2 Å². The summed E-state index contributed by atoms with van der Waals surface area (Å²) in [6.07, 6.45) is 0. The molecular formula is C19H16FN3O2. The van der Waals surface area contributed by atoms with E-state index in [2.05, 4.69) is 0 Å². The number of benzene rings is 2. The Balaban J connectivity index is 2.13. The highest BCUT2D eigenvalue weighted by molar-refractivity contribution is 6.11. The third-order valence-corrected chi connectivity index (χ3v) is 3.89. The third-order valence-electron chi connectivity index (χ3n) is 3.89. The first kappa shape index (κ1) is 16.6. The second-order valence-electron chi connectivity index (χ2n) is 5.52. The molecule has 0 aliphatic heterocycles. The van der Waals surface area contributed by atoms with Crippen molar-refractivity contribution in [3.8, 4) is 5.69 Å². The number of nitrogens with zero attached hydrogens (tertiary/aromatic N) is 1. The Labute approximate surface area is 143 Å². The Morgan fingerprint density at radius 1 is 1.04 bits per heavy atom. The molecule has 1 heterocycles. The Morgan fingerprint density at radius 2 is 1.76 bits per heavy atom. The number of pyridine rings is 1. The summed E-state index contributed by atoms with van der Waals surface area (Å²) >= 11 is 0. The van der Waals surface area contributed by atoms with Gasteiger partial charge in [0.15, 0.2) is 5.78 Å². The lowest BCUT2D eigenvalue weighted by Crippen LogP contribution is -2.23. The van der Waals surface area contributed by atoms with Crippen molar-refractivity contribution in [3.05, 3.63) is 93.5 Å². The van der Waals surface area contributed by atoms with E-state index in [1.807, 2.05) is 6.07 Å². The fraction of sp³-hybridized carbons (Fsp3) is 0.0526. The molecule has 0 fully saturated rings. The number of nitrogens with two attached hydrogens (primary N) is 2. The van der Waals surface area contributed by atoms with Crippen LogP contribution in [0.2, 0.25) is 0 Å². The van der Waals surface area contributed by atoms with Crippen LogP contribution in [0.5, 0.6) is 0 Å². The number of halogens is 1. The van der Waals surface area contributed by atoms with Crippen LogP contribution in [0.3, 0.4) is 0 Å². The average Bonchev–Trinajstić information content (AvgIpc) is 2.62. The number of aromatic nitrogens is 1. The van der Waals surface area contributed by atoms with Crippen LogP contribution in [0, 0.1) is 5.82 Å². The molecule has 1 aromatic heterocycles. The van der Waals surface area contributed by atoms with Crippen molar-refractivity contribution < 1.29 is 9.18 Å². The zero-order valence-electron chi connectivity index (χ0n) is 13.3. The van der Waals surface area contributed by atoms with Gasteiger partial charge < -0.3 is 11.5 Å². The summed E-state index contributed by atoms with van der Waals surface area (Å²) in [6, 6.07) is 14.9. The van der Waals surface area contributed by atoms with Crippen LogP contribution in [0.4, 0.5) is 10.2 Å². The van der Waals surface area contributed by atoms with Gasteiger partial charge in [-0.3, -0.25) is 14.2 Å². The van der Waals surface area contributed by atoms with Crippen molar-refractivity contribution in [2.45, 2.75) is 6.54 Å². The van der Waals surface area contributed by atoms with Crippen LogP contribution in [-0.2, 0) is 6.54 Å². The molecule has 126 valence electrons. The first-order chi connectivity index (χ1) is 12.0. The van der Waals surface area contributed by atoms with E-state index in [0.29, 0.717) is 12.2 Å². The molecule has 4 N–H and O–H groups in total. The summed E-state index contributed by atoms with van der Waals surface area (Å²) in [5.41, 5.74) is 13.2. The summed E-state index contributed by atoms with van der Waals surface area (Å²) in [5.74, 6) is -0.801. The standard InChI is InChI=1S/C19H16FN3O2/c20-14-6-4-13(5-7-14)18(25)16-8-9-17(24)23(19(16)22)15-3-1-2-12(10-15)11-21/h1-10H,11,21-22H2. The molecule has 0 spiro atoms. The lowest BCUT2D eigenvalue weighted by atomic mass is 10.0. The van der Waals surface area contributed by atoms with Crippen LogP contribution >= 0.6 is 0 Å². The van der Waals surface area contributed by atoms with Crippen molar-refractivity contribution in [2.75, 3.05) is 5.73 Å². The van der Waals surface area contributed by atoms with Gasteiger partial charge in [-0.15, -0.1) is 0 Å². The topological polar surface area (TPSA) is 91.1 Å². The predicted molar refractivity (Wildman–Crippen MR) is 94.2 cm³/mol. The van der Waals surface area contributed by atoms with Crippen molar-refractivity contribution in [2.24, 2.45) is 5.73 Å². The Hall–Kier alpha value is -3.25. The summed E-state index contributed by atoms with van der Waals surface area (Å²) in [6.45, 7) is 0.316.